The van der Waals surface area contributed by atoms with Crippen LogP contribution in [-0.2, 0) is 6.54 Å². The van der Waals surface area contributed by atoms with Crippen LogP contribution >= 0.6 is 0 Å². The number of aromatic hydroxyl groups is 2. The van der Waals surface area contributed by atoms with Gasteiger partial charge in [0.2, 0.25) is 0 Å². The highest BCUT2D eigenvalue weighted by Gasteiger charge is 2.45. The molecule has 1 saturated carbocycles. The number of halogens is 3. The van der Waals surface area contributed by atoms with Crippen molar-refractivity contribution in [1.82, 2.24) is 5.32 Å². The number of rotatable bonds is 3. The Morgan fingerprint density at radius 3 is 2.55 bits per heavy atom. The molecule has 1 fully saturated rings. The molecule has 0 heterocycles. The van der Waals surface area contributed by atoms with Gasteiger partial charge in [0.25, 0.3) is 0 Å². The number of para-hydroxylation sites is 1. The summed E-state index contributed by atoms with van der Waals surface area (Å²) in [6.07, 6.45) is -2.20. The minimum Gasteiger partial charge on any atom is -0.504 e. The van der Waals surface area contributed by atoms with E-state index in [0.29, 0.717) is 18.4 Å². The van der Waals surface area contributed by atoms with Crippen molar-refractivity contribution in [3.8, 4) is 11.5 Å². The average molecular weight is 289 g/mol. The minimum atomic E-state index is -4.20. The van der Waals surface area contributed by atoms with Crippen molar-refractivity contribution >= 4 is 0 Å². The predicted molar refractivity (Wildman–Crippen MR) is 68.4 cm³/mol. The van der Waals surface area contributed by atoms with Gasteiger partial charge >= 0.3 is 6.18 Å². The van der Waals surface area contributed by atoms with Crippen LogP contribution in [0.5, 0.6) is 11.5 Å². The second-order valence-corrected chi connectivity index (χ2v) is 5.20. The predicted octanol–water partition coefficient (Wildman–Crippen LogP) is 3.31. The van der Waals surface area contributed by atoms with Gasteiger partial charge in [0.05, 0.1) is 5.92 Å². The minimum absolute atomic E-state index is 0.109. The number of hydrogen-bond acceptors (Lipinski definition) is 3. The standard InChI is InChI=1S/C14H18F3NO2/c15-14(16,17)10-5-1-2-6-11(10)18-8-9-4-3-7-12(19)13(9)20/h3-4,7,10-11,18-20H,1-2,5-6,8H2. The lowest BCUT2D eigenvalue weighted by atomic mass is 9.84. The lowest BCUT2D eigenvalue weighted by molar-refractivity contribution is -0.189. The normalized spacial score (nSPS) is 23.8. The van der Waals surface area contributed by atoms with E-state index in [1.165, 1.54) is 6.07 Å². The van der Waals surface area contributed by atoms with Crippen molar-refractivity contribution in [2.24, 2.45) is 5.92 Å². The van der Waals surface area contributed by atoms with E-state index in [-0.39, 0.29) is 24.5 Å². The Kier molecular flexibility index (Phi) is 4.42. The largest absolute Gasteiger partial charge is 0.504 e. The molecule has 1 aromatic rings. The van der Waals surface area contributed by atoms with Gasteiger partial charge in [0, 0.05) is 18.2 Å². The molecule has 1 aromatic carbocycles. The molecule has 2 rings (SSSR count). The molecule has 3 N–H and O–H groups in total. The second kappa shape index (κ2) is 5.91. The van der Waals surface area contributed by atoms with Crippen molar-refractivity contribution in [1.29, 1.82) is 0 Å². The third-order valence-corrected chi connectivity index (χ3v) is 3.84. The summed E-state index contributed by atoms with van der Waals surface area (Å²) < 4.78 is 38.8. The van der Waals surface area contributed by atoms with Crippen molar-refractivity contribution in [2.45, 2.75) is 44.4 Å². The molecule has 0 amide bonds. The Labute approximate surface area is 115 Å². The first kappa shape index (κ1) is 15.0. The maximum Gasteiger partial charge on any atom is 0.393 e. The third kappa shape index (κ3) is 3.36. The zero-order valence-electron chi connectivity index (χ0n) is 11.0. The molecule has 2 atom stereocenters. The topological polar surface area (TPSA) is 52.5 Å². The van der Waals surface area contributed by atoms with Crippen LogP contribution in [0.4, 0.5) is 13.2 Å². The molecule has 112 valence electrons. The van der Waals surface area contributed by atoms with Crippen LogP contribution in [-0.4, -0.2) is 22.4 Å². The summed E-state index contributed by atoms with van der Waals surface area (Å²) in [7, 11) is 0. The summed E-state index contributed by atoms with van der Waals surface area (Å²) in [6.45, 7) is 0.109. The van der Waals surface area contributed by atoms with E-state index < -0.39 is 18.1 Å². The first-order valence-electron chi connectivity index (χ1n) is 6.69. The molecule has 0 radical (unpaired) electrons. The fourth-order valence-corrected chi connectivity index (χ4v) is 2.73. The number of benzene rings is 1. The zero-order valence-corrected chi connectivity index (χ0v) is 11.0. The van der Waals surface area contributed by atoms with Gasteiger partial charge in [-0.15, -0.1) is 0 Å². The van der Waals surface area contributed by atoms with E-state index in [0.717, 1.165) is 6.42 Å². The number of alkyl halides is 3. The molecule has 0 aromatic heterocycles. The van der Waals surface area contributed by atoms with Crippen LogP contribution in [0, 0.1) is 5.92 Å². The molecule has 20 heavy (non-hydrogen) atoms. The van der Waals surface area contributed by atoms with Gasteiger partial charge in [-0.2, -0.15) is 13.2 Å². The van der Waals surface area contributed by atoms with E-state index in [1.807, 2.05) is 0 Å². The van der Waals surface area contributed by atoms with Gasteiger partial charge in [0.1, 0.15) is 0 Å². The van der Waals surface area contributed by atoms with Gasteiger partial charge in [-0.25, -0.2) is 0 Å². The molecule has 2 unspecified atom stereocenters. The van der Waals surface area contributed by atoms with Crippen LogP contribution in [0.3, 0.4) is 0 Å². The number of phenols is 2. The maximum absolute atomic E-state index is 12.9. The third-order valence-electron chi connectivity index (χ3n) is 3.84. The Hall–Kier alpha value is -1.43. The van der Waals surface area contributed by atoms with E-state index in [4.69, 9.17) is 0 Å². The van der Waals surface area contributed by atoms with Crippen molar-refractivity contribution < 1.29 is 23.4 Å². The van der Waals surface area contributed by atoms with Crippen LogP contribution in [0.2, 0.25) is 0 Å². The molecule has 0 aliphatic heterocycles. The fraction of sp³-hybridized carbons (Fsp3) is 0.571. The van der Waals surface area contributed by atoms with Gasteiger partial charge < -0.3 is 15.5 Å². The summed E-state index contributed by atoms with van der Waals surface area (Å²) in [4.78, 5) is 0. The van der Waals surface area contributed by atoms with Crippen LogP contribution in [0.1, 0.15) is 31.2 Å². The van der Waals surface area contributed by atoms with Crippen molar-refractivity contribution in [3.05, 3.63) is 23.8 Å². The maximum atomic E-state index is 12.9. The summed E-state index contributed by atoms with van der Waals surface area (Å²) in [5.41, 5.74) is 0.400. The van der Waals surface area contributed by atoms with E-state index >= 15 is 0 Å². The summed E-state index contributed by atoms with van der Waals surface area (Å²) in [5.74, 6) is -1.88. The van der Waals surface area contributed by atoms with Crippen molar-refractivity contribution in [3.63, 3.8) is 0 Å². The van der Waals surface area contributed by atoms with E-state index in [2.05, 4.69) is 5.32 Å². The molecule has 6 heteroatoms. The summed E-state index contributed by atoms with van der Waals surface area (Å²) in [5, 5.41) is 21.9. The lowest BCUT2D eigenvalue weighted by Crippen LogP contribution is -2.45. The molecule has 1 aliphatic carbocycles. The van der Waals surface area contributed by atoms with Gasteiger partial charge in [-0.1, -0.05) is 25.0 Å². The highest BCUT2D eigenvalue weighted by Crippen LogP contribution is 2.38. The Balaban J connectivity index is 2.03. The Morgan fingerprint density at radius 1 is 1.15 bits per heavy atom. The Bertz CT molecular complexity index is 462. The molecule has 0 bridgehead atoms. The highest BCUT2D eigenvalue weighted by molar-refractivity contribution is 5.44. The first-order chi connectivity index (χ1) is 9.39. The summed E-state index contributed by atoms with van der Waals surface area (Å²) in [6, 6.07) is 3.82. The Morgan fingerprint density at radius 2 is 1.85 bits per heavy atom. The van der Waals surface area contributed by atoms with Gasteiger partial charge in [-0.3, -0.25) is 0 Å². The van der Waals surface area contributed by atoms with Crippen LogP contribution < -0.4 is 5.32 Å². The summed E-state index contributed by atoms with van der Waals surface area (Å²) >= 11 is 0. The van der Waals surface area contributed by atoms with E-state index in [1.54, 1.807) is 12.1 Å². The van der Waals surface area contributed by atoms with E-state index in [9.17, 15) is 23.4 Å². The van der Waals surface area contributed by atoms with Crippen molar-refractivity contribution in [2.75, 3.05) is 0 Å². The number of phenolic OH excluding ortho intramolecular Hbond substituents is 2. The molecule has 3 nitrogen and oxygen atoms in total. The quantitative estimate of drug-likeness (QED) is 0.748. The molecular formula is C14H18F3NO2. The van der Waals surface area contributed by atoms with Gasteiger partial charge in [0.15, 0.2) is 11.5 Å². The van der Waals surface area contributed by atoms with Crippen LogP contribution in [0.25, 0.3) is 0 Å². The smallest absolute Gasteiger partial charge is 0.393 e. The number of hydrogen-bond donors (Lipinski definition) is 3. The number of nitrogens with one attached hydrogen (secondary N) is 1. The fourth-order valence-electron chi connectivity index (χ4n) is 2.73. The highest BCUT2D eigenvalue weighted by atomic mass is 19.4. The molecule has 1 aliphatic rings. The molecule has 0 saturated heterocycles. The average Bonchev–Trinajstić information content (AvgIpc) is 2.40. The second-order valence-electron chi connectivity index (χ2n) is 5.20. The monoisotopic (exact) mass is 289 g/mol. The first-order valence-corrected chi connectivity index (χ1v) is 6.69. The SMILES string of the molecule is Oc1cccc(CNC2CCCCC2C(F)(F)F)c1O. The lowest BCUT2D eigenvalue weighted by Gasteiger charge is -2.33. The molecule has 0 spiro atoms. The van der Waals surface area contributed by atoms with Gasteiger partial charge in [-0.05, 0) is 18.9 Å². The van der Waals surface area contributed by atoms with Crippen LogP contribution in [0.15, 0.2) is 18.2 Å². The zero-order chi connectivity index (χ0) is 14.8. The molecular weight excluding hydrogens is 271 g/mol.